The molecule has 1 unspecified atom stereocenters. The lowest BCUT2D eigenvalue weighted by Crippen LogP contribution is -2.43. The van der Waals surface area contributed by atoms with Gasteiger partial charge < -0.3 is 4.74 Å². The number of rotatable bonds is 4. The maximum Gasteiger partial charge on any atom is 0.257 e. The number of morpholine rings is 1. The normalized spacial score (nSPS) is 20.3. The Kier molecular flexibility index (Phi) is 5.50. The van der Waals surface area contributed by atoms with Crippen molar-refractivity contribution < 1.29 is 13.9 Å². The third-order valence-electron chi connectivity index (χ3n) is 5.27. The third-order valence-corrected chi connectivity index (χ3v) is 5.27. The minimum atomic E-state index is -0.285. The zero-order valence-corrected chi connectivity index (χ0v) is 16.0. The number of halogens is 1. The minimum Gasteiger partial charge on any atom is -0.379 e. The first kappa shape index (κ1) is 18.8. The average molecular weight is 381 g/mol. The first-order valence-electron chi connectivity index (χ1n) is 9.62. The van der Waals surface area contributed by atoms with Crippen LogP contribution in [0.4, 0.5) is 4.39 Å². The molecule has 0 bridgehead atoms. The zero-order chi connectivity index (χ0) is 19.5. The van der Waals surface area contributed by atoms with Gasteiger partial charge in [-0.25, -0.2) is 9.40 Å². The van der Waals surface area contributed by atoms with E-state index in [9.17, 15) is 9.18 Å². The summed E-state index contributed by atoms with van der Waals surface area (Å²) in [7, 11) is 0. The van der Waals surface area contributed by atoms with Crippen LogP contribution in [0.1, 0.15) is 29.2 Å². The molecule has 0 radical (unpaired) electrons. The van der Waals surface area contributed by atoms with Gasteiger partial charge in [0.05, 0.1) is 31.5 Å². The van der Waals surface area contributed by atoms with E-state index in [1.165, 1.54) is 17.7 Å². The smallest absolute Gasteiger partial charge is 0.257 e. The molecule has 28 heavy (non-hydrogen) atoms. The number of amides is 1. The SMILES string of the molecule is Cc1ccc(C2=NN(C(=O)CN3CCOCC3)C(c3ccc(F)cc3)C2)cc1. The molecular formula is C22H24FN3O2. The molecule has 146 valence electrons. The lowest BCUT2D eigenvalue weighted by atomic mass is 9.98. The maximum atomic E-state index is 13.4. The molecule has 2 aliphatic heterocycles. The van der Waals surface area contributed by atoms with Gasteiger partial charge in [-0.15, -0.1) is 0 Å². The van der Waals surface area contributed by atoms with E-state index in [4.69, 9.17) is 4.74 Å². The largest absolute Gasteiger partial charge is 0.379 e. The van der Waals surface area contributed by atoms with Crippen molar-refractivity contribution >= 4 is 11.6 Å². The van der Waals surface area contributed by atoms with E-state index in [-0.39, 0.29) is 17.8 Å². The van der Waals surface area contributed by atoms with E-state index in [1.807, 2.05) is 31.2 Å². The van der Waals surface area contributed by atoms with Gasteiger partial charge in [-0.2, -0.15) is 5.10 Å². The maximum absolute atomic E-state index is 13.4. The fourth-order valence-corrected chi connectivity index (χ4v) is 3.63. The molecule has 6 heteroatoms. The van der Waals surface area contributed by atoms with Gasteiger partial charge in [0.15, 0.2) is 0 Å². The van der Waals surface area contributed by atoms with Crippen molar-refractivity contribution in [2.75, 3.05) is 32.8 Å². The second kappa shape index (κ2) is 8.20. The highest BCUT2D eigenvalue weighted by Crippen LogP contribution is 2.33. The van der Waals surface area contributed by atoms with Gasteiger partial charge in [0.1, 0.15) is 5.82 Å². The summed E-state index contributed by atoms with van der Waals surface area (Å²) in [4.78, 5) is 15.1. The molecule has 5 nitrogen and oxygen atoms in total. The molecule has 1 fully saturated rings. The van der Waals surface area contributed by atoms with Gasteiger partial charge in [0.2, 0.25) is 0 Å². The standard InChI is InChI=1S/C22H24FN3O2/c1-16-2-4-17(5-3-16)20-14-21(18-6-8-19(23)9-7-18)26(24-20)22(27)15-25-10-12-28-13-11-25/h2-9,21H,10-15H2,1H3. The molecule has 1 amide bonds. The Hall–Kier alpha value is -2.57. The van der Waals surface area contributed by atoms with Gasteiger partial charge in [0.25, 0.3) is 5.91 Å². The Bertz CT molecular complexity index is 858. The molecule has 2 aromatic rings. The first-order chi connectivity index (χ1) is 13.6. The van der Waals surface area contributed by atoms with Gasteiger partial charge in [-0.05, 0) is 30.2 Å². The third kappa shape index (κ3) is 4.13. The van der Waals surface area contributed by atoms with Gasteiger partial charge in [0, 0.05) is 19.5 Å². The molecule has 0 aromatic heterocycles. The fourth-order valence-electron chi connectivity index (χ4n) is 3.63. The summed E-state index contributed by atoms with van der Waals surface area (Å²) in [6.07, 6.45) is 0.615. The Morgan fingerprint density at radius 1 is 1.11 bits per heavy atom. The van der Waals surface area contributed by atoms with Crippen LogP contribution in [0.5, 0.6) is 0 Å². The van der Waals surface area contributed by atoms with Crippen molar-refractivity contribution in [2.45, 2.75) is 19.4 Å². The Morgan fingerprint density at radius 2 is 1.79 bits per heavy atom. The summed E-state index contributed by atoms with van der Waals surface area (Å²) >= 11 is 0. The Labute approximate surface area is 164 Å². The fraction of sp³-hybridized carbons (Fsp3) is 0.364. The highest BCUT2D eigenvalue weighted by atomic mass is 19.1. The number of carbonyl (C=O) groups is 1. The number of carbonyl (C=O) groups excluding carboxylic acids is 1. The van der Waals surface area contributed by atoms with E-state index in [0.717, 1.165) is 29.9 Å². The van der Waals surface area contributed by atoms with Gasteiger partial charge in [-0.1, -0.05) is 42.0 Å². The first-order valence-corrected chi connectivity index (χ1v) is 9.62. The number of benzene rings is 2. The molecule has 1 atom stereocenters. The molecular weight excluding hydrogens is 357 g/mol. The summed E-state index contributed by atoms with van der Waals surface area (Å²) in [6, 6.07) is 14.3. The lowest BCUT2D eigenvalue weighted by molar-refractivity contribution is -0.135. The number of nitrogens with zero attached hydrogens (tertiary/aromatic N) is 3. The van der Waals surface area contributed by atoms with Crippen LogP contribution in [-0.4, -0.2) is 54.4 Å². The molecule has 0 saturated carbocycles. The van der Waals surface area contributed by atoms with Crippen LogP contribution in [-0.2, 0) is 9.53 Å². The molecule has 0 N–H and O–H groups in total. The predicted molar refractivity (Wildman–Crippen MR) is 106 cm³/mol. The molecule has 2 aliphatic rings. The highest BCUT2D eigenvalue weighted by molar-refractivity contribution is 6.03. The molecule has 0 aliphatic carbocycles. The Balaban J connectivity index is 1.59. The topological polar surface area (TPSA) is 45.1 Å². The van der Waals surface area contributed by atoms with Crippen LogP contribution in [0.25, 0.3) is 0 Å². The molecule has 1 saturated heterocycles. The minimum absolute atomic E-state index is 0.0432. The van der Waals surface area contributed by atoms with Crippen LogP contribution in [0.2, 0.25) is 0 Å². The van der Waals surface area contributed by atoms with Crippen LogP contribution in [0.15, 0.2) is 53.6 Å². The van der Waals surface area contributed by atoms with Crippen molar-refractivity contribution in [3.63, 3.8) is 0 Å². The number of hydrogen-bond donors (Lipinski definition) is 0. The van der Waals surface area contributed by atoms with Crippen molar-refractivity contribution in [1.29, 1.82) is 0 Å². The summed E-state index contributed by atoms with van der Waals surface area (Å²) in [5, 5.41) is 6.26. The van der Waals surface area contributed by atoms with Crippen LogP contribution >= 0.6 is 0 Å². The van der Waals surface area contributed by atoms with Crippen molar-refractivity contribution in [3.8, 4) is 0 Å². The van der Waals surface area contributed by atoms with Crippen molar-refractivity contribution in [3.05, 3.63) is 71.0 Å². The summed E-state index contributed by atoms with van der Waals surface area (Å²) in [5.41, 5.74) is 3.96. The Morgan fingerprint density at radius 3 is 2.46 bits per heavy atom. The number of hydrazone groups is 1. The number of ether oxygens (including phenoxy) is 1. The van der Waals surface area contributed by atoms with E-state index in [1.54, 1.807) is 17.1 Å². The van der Waals surface area contributed by atoms with Crippen molar-refractivity contribution in [2.24, 2.45) is 5.10 Å². The highest BCUT2D eigenvalue weighted by Gasteiger charge is 2.33. The molecule has 2 heterocycles. The van der Waals surface area contributed by atoms with Crippen LogP contribution in [0, 0.1) is 12.7 Å². The quantitative estimate of drug-likeness (QED) is 0.817. The predicted octanol–water partition coefficient (Wildman–Crippen LogP) is 3.14. The number of aryl methyl sites for hydroxylation is 1. The summed E-state index contributed by atoms with van der Waals surface area (Å²) in [5.74, 6) is -0.328. The second-order valence-corrected chi connectivity index (χ2v) is 7.31. The summed E-state index contributed by atoms with van der Waals surface area (Å²) < 4.78 is 18.8. The lowest BCUT2D eigenvalue weighted by Gasteiger charge is -2.29. The van der Waals surface area contributed by atoms with E-state index in [0.29, 0.717) is 26.2 Å². The molecule has 0 spiro atoms. The van der Waals surface area contributed by atoms with Crippen molar-refractivity contribution in [1.82, 2.24) is 9.91 Å². The number of hydrogen-bond acceptors (Lipinski definition) is 4. The second-order valence-electron chi connectivity index (χ2n) is 7.31. The van der Waals surface area contributed by atoms with Crippen LogP contribution in [0.3, 0.4) is 0 Å². The molecule has 2 aromatic carbocycles. The van der Waals surface area contributed by atoms with Gasteiger partial charge in [-0.3, -0.25) is 9.69 Å². The van der Waals surface area contributed by atoms with E-state index in [2.05, 4.69) is 10.0 Å². The monoisotopic (exact) mass is 381 g/mol. The molecule has 4 rings (SSSR count). The zero-order valence-electron chi connectivity index (χ0n) is 16.0. The van der Waals surface area contributed by atoms with Crippen LogP contribution < -0.4 is 0 Å². The average Bonchev–Trinajstić information content (AvgIpc) is 3.15. The summed E-state index contributed by atoms with van der Waals surface area (Å²) in [6.45, 7) is 5.13. The van der Waals surface area contributed by atoms with Gasteiger partial charge >= 0.3 is 0 Å². The van der Waals surface area contributed by atoms with E-state index < -0.39 is 0 Å². The van der Waals surface area contributed by atoms with E-state index >= 15 is 0 Å².